The third-order valence-corrected chi connectivity index (χ3v) is 8.11. The number of Topliss-reactive ketones (excluding diaryl/α,β-unsaturated/α-hetero) is 1. The normalized spacial score (nSPS) is 11.5. The molecule has 0 spiro atoms. The number of pyridine rings is 2. The summed E-state index contributed by atoms with van der Waals surface area (Å²) in [4.78, 5) is 29.1. The average Bonchev–Trinajstić information content (AvgIpc) is 3.54. The smallest absolute Gasteiger partial charge is 0.231 e. The van der Waals surface area contributed by atoms with Crippen LogP contribution in [0.2, 0.25) is 0 Å². The summed E-state index contributed by atoms with van der Waals surface area (Å²) in [5, 5.41) is 0. The summed E-state index contributed by atoms with van der Waals surface area (Å²) in [5.74, 6) is 0.542. The first-order valence-corrected chi connectivity index (χ1v) is 15.9. The lowest BCUT2D eigenvalue weighted by Gasteiger charge is -2.15. The second-order valence-electron chi connectivity index (χ2n) is 11.3. The molecule has 0 bridgehead atoms. The number of nitrogens with zero attached hydrogens (tertiary/aromatic N) is 3. The Kier molecular flexibility index (Phi) is 9.53. The minimum atomic E-state index is -0.325. The van der Waals surface area contributed by atoms with Crippen LogP contribution in [-0.4, -0.2) is 20.7 Å². The van der Waals surface area contributed by atoms with Gasteiger partial charge in [0.15, 0.2) is 5.58 Å². The number of ether oxygens (including phenoxy) is 2. The zero-order chi connectivity index (χ0) is 32.8. The molecule has 0 unspecified atom stereocenters. The molecule has 7 heteroatoms. The van der Waals surface area contributed by atoms with Gasteiger partial charge in [-0.15, -0.1) is 0 Å². The quantitative estimate of drug-likeness (QED) is 0.0993. The molecular weight excluding hydrogens is 586 g/mol. The van der Waals surface area contributed by atoms with Crippen molar-refractivity contribution in [2.24, 2.45) is 0 Å². The lowest BCUT2D eigenvalue weighted by molar-refractivity contribution is 0.105. The number of benzene rings is 3. The van der Waals surface area contributed by atoms with E-state index in [1.807, 2.05) is 118 Å². The molecule has 0 aliphatic rings. The molecule has 47 heavy (non-hydrogen) atoms. The molecule has 3 heterocycles. The van der Waals surface area contributed by atoms with Crippen LogP contribution >= 0.6 is 0 Å². The van der Waals surface area contributed by atoms with E-state index in [0.29, 0.717) is 41.1 Å². The van der Waals surface area contributed by atoms with Crippen LogP contribution in [0, 0.1) is 13.8 Å². The summed E-state index contributed by atoms with van der Waals surface area (Å²) in [6, 6.07) is 31.1. The van der Waals surface area contributed by atoms with Gasteiger partial charge in [0.25, 0.3) is 0 Å². The number of carbonyl (C=O) groups is 1. The van der Waals surface area contributed by atoms with Gasteiger partial charge in [-0.2, -0.15) is 0 Å². The highest BCUT2D eigenvalue weighted by atomic mass is 16.5. The Balaban J connectivity index is 1.49. The molecule has 6 aromatic rings. The van der Waals surface area contributed by atoms with Gasteiger partial charge in [-0.05, 0) is 79.3 Å². The van der Waals surface area contributed by atoms with Gasteiger partial charge < -0.3 is 13.9 Å². The van der Waals surface area contributed by atoms with Gasteiger partial charge in [-0.25, -0.2) is 15.0 Å². The second kappa shape index (κ2) is 14.3. The van der Waals surface area contributed by atoms with Crippen molar-refractivity contribution < 1.29 is 18.7 Å². The van der Waals surface area contributed by atoms with Gasteiger partial charge in [0.1, 0.15) is 18.7 Å². The maximum Gasteiger partial charge on any atom is 0.231 e. The molecule has 3 aromatic heterocycles. The summed E-state index contributed by atoms with van der Waals surface area (Å²) in [5.41, 5.74) is 8.11. The van der Waals surface area contributed by atoms with E-state index < -0.39 is 0 Å². The monoisotopic (exact) mass is 623 g/mol. The van der Waals surface area contributed by atoms with E-state index in [-0.39, 0.29) is 29.7 Å². The van der Waals surface area contributed by atoms with Gasteiger partial charge in [-0.3, -0.25) is 4.79 Å². The number of carbonyl (C=O) groups excluding carboxylic acids is 1. The van der Waals surface area contributed by atoms with Gasteiger partial charge in [0, 0.05) is 17.0 Å². The third-order valence-electron chi connectivity index (χ3n) is 8.11. The average molecular weight is 624 g/mol. The van der Waals surface area contributed by atoms with Crippen LogP contribution in [0.1, 0.15) is 69.3 Å². The highest BCUT2D eigenvalue weighted by Gasteiger charge is 2.26. The summed E-state index contributed by atoms with van der Waals surface area (Å²) in [7, 11) is 0. The van der Waals surface area contributed by atoms with Crippen LogP contribution in [0.3, 0.4) is 0 Å². The Morgan fingerprint density at radius 1 is 0.702 bits per heavy atom. The summed E-state index contributed by atoms with van der Waals surface area (Å²) >= 11 is 0. The number of oxazole rings is 1. The van der Waals surface area contributed by atoms with Crippen LogP contribution in [0.5, 0.6) is 11.8 Å². The lowest BCUT2D eigenvalue weighted by Crippen LogP contribution is -2.11. The van der Waals surface area contributed by atoms with Crippen LogP contribution in [0.15, 0.2) is 101 Å². The number of allylic oxidation sites excluding steroid dienone is 1. The predicted octanol–water partition coefficient (Wildman–Crippen LogP) is 8.94. The second-order valence-corrected chi connectivity index (χ2v) is 11.3. The fourth-order valence-corrected chi connectivity index (χ4v) is 5.44. The first-order valence-electron chi connectivity index (χ1n) is 15.9. The largest absolute Gasteiger partial charge is 0.472 e. The first kappa shape index (κ1) is 31.4. The van der Waals surface area contributed by atoms with Crippen LogP contribution in [0.4, 0.5) is 0 Å². The Bertz CT molecular complexity index is 2020. The molecule has 7 nitrogen and oxygen atoms in total. The molecule has 0 saturated carbocycles. The Labute approximate surface area is 275 Å². The molecule has 0 saturated heterocycles. The molecule has 0 aliphatic heterocycles. The van der Waals surface area contributed by atoms with Gasteiger partial charge in [-0.1, -0.05) is 86.6 Å². The number of hydrogen-bond acceptors (Lipinski definition) is 7. The summed E-state index contributed by atoms with van der Waals surface area (Å²) in [6.07, 6.45) is 3.24. The van der Waals surface area contributed by atoms with Crippen molar-refractivity contribution in [2.45, 2.75) is 53.8 Å². The van der Waals surface area contributed by atoms with E-state index >= 15 is 0 Å². The van der Waals surface area contributed by atoms with Crippen molar-refractivity contribution in [3.8, 4) is 11.8 Å². The number of rotatable bonds is 12. The summed E-state index contributed by atoms with van der Waals surface area (Å²) in [6.45, 7) is 8.61. The van der Waals surface area contributed by atoms with E-state index in [1.165, 1.54) is 0 Å². The maximum absolute atomic E-state index is 14.8. The van der Waals surface area contributed by atoms with Gasteiger partial charge in [0.05, 0.1) is 11.1 Å². The van der Waals surface area contributed by atoms with Crippen molar-refractivity contribution in [3.05, 3.63) is 148 Å². The molecule has 3 aromatic carbocycles. The van der Waals surface area contributed by atoms with E-state index in [0.717, 1.165) is 40.1 Å². The van der Waals surface area contributed by atoms with E-state index in [1.54, 1.807) is 6.08 Å². The molecule has 0 N–H and O–H groups in total. The SMILES string of the molecule is CCc1cc(/C=C(/C(=O)c2cc(CC)c(C)nc2OCc2ccccc2)c2nc3ccccc3o2)c(OCc2ccccc2)nc1C. The van der Waals surface area contributed by atoms with Crippen molar-refractivity contribution in [2.75, 3.05) is 0 Å². The minimum absolute atomic E-state index is 0.191. The molecule has 0 fully saturated rings. The number of aryl methyl sites for hydroxylation is 4. The summed E-state index contributed by atoms with van der Waals surface area (Å²) < 4.78 is 18.8. The zero-order valence-corrected chi connectivity index (χ0v) is 27.1. The Hall–Kier alpha value is -5.56. The Morgan fingerprint density at radius 3 is 1.87 bits per heavy atom. The number of ketones is 1. The first-order chi connectivity index (χ1) is 22.9. The molecule has 0 atom stereocenters. The molecule has 6 rings (SSSR count). The van der Waals surface area contributed by atoms with Gasteiger partial charge >= 0.3 is 0 Å². The van der Waals surface area contributed by atoms with Crippen LogP contribution < -0.4 is 9.47 Å². The molecule has 236 valence electrons. The van der Waals surface area contributed by atoms with E-state index in [2.05, 4.69) is 6.92 Å². The predicted molar refractivity (Wildman–Crippen MR) is 184 cm³/mol. The molecule has 0 amide bonds. The fraction of sp³-hybridized carbons (Fsp3) is 0.200. The standard InChI is InChI=1S/C40H37N3O4/c1-5-30-21-32(38(41-26(30)3)45-24-28-15-9-7-10-16-28)23-34(40-43-35-19-13-14-20-36(35)47-40)37(44)33-22-31(6-2)27(4)42-39(33)46-25-29-17-11-8-12-18-29/h7-23H,5-6,24-25H2,1-4H3/b34-23-. The topological polar surface area (TPSA) is 87.3 Å². The van der Waals surface area contributed by atoms with Crippen molar-refractivity contribution in [3.63, 3.8) is 0 Å². The third kappa shape index (κ3) is 7.15. The molecule has 0 radical (unpaired) electrons. The number of aromatic nitrogens is 3. The molecular formula is C40H37N3O4. The van der Waals surface area contributed by atoms with Gasteiger partial charge in [0.2, 0.25) is 23.4 Å². The molecule has 0 aliphatic carbocycles. The lowest BCUT2D eigenvalue weighted by atomic mass is 9.98. The van der Waals surface area contributed by atoms with Crippen molar-refractivity contribution in [1.29, 1.82) is 0 Å². The highest BCUT2D eigenvalue weighted by molar-refractivity contribution is 6.32. The fourth-order valence-electron chi connectivity index (χ4n) is 5.44. The highest BCUT2D eigenvalue weighted by Crippen LogP contribution is 2.33. The Morgan fingerprint density at radius 2 is 1.26 bits per heavy atom. The van der Waals surface area contributed by atoms with Crippen LogP contribution in [0.25, 0.3) is 22.7 Å². The van der Waals surface area contributed by atoms with E-state index in [9.17, 15) is 4.79 Å². The number of hydrogen-bond donors (Lipinski definition) is 0. The number of fused-ring (bicyclic) bond motifs is 1. The zero-order valence-electron chi connectivity index (χ0n) is 27.1. The van der Waals surface area contributed by atoms with Crippen molar-refractivity contribution in [1.82, 2.24) is 15.0 Å². The minimum Gasteiger partial charge on any atom is -0.472 e. The van der Waals surface area contributed by atoms with E-state index in [4.69, 9.17) is 28.8 Å². The maximum atomic E-state index is 14.8. The number of para-hydroxylation sites is 2. The van der Waals surface area contributed by atoms with Crippen LogP contribution in [-0.2, 0) is 26.1 Å². The van der Waals surface area contributed by atoms with Crippen molar-refractivity contribution >= 4 is 28.5 Å².